The van der Waals surface area contributed by atoms with Gasteiger partial charge in [0.25, 0.3) is 0 Å². The van der Waals surface area contributed by atoms with E-state index in [1.165, 1.54) is 12.8 Å². The highest BCUT2D eigenvalue weighted by atomic mass is 17.3. The van der Waals surface area contributed by atoms with E-state index in [2.05, 4.69) is 6.92 Å². The van der Waals surface area contributed by atoms with Crippen molar-refractivity contribution >= 4 is 0 Å². The smallest absolute Gasteiger partial charge is 0.201 e. The summed E-state index contributed by atoms with van der Waals surface area (Å²) in [5.41, 5.74) is -0.443. The molecule has 2 bridgehead atoms. The summed E-state index contributed by atoms with van der Waals surface area (Å²) < 4.78 is 18.2. The summed E-state index contributed by atoms with van der Waals surface area (Å²) in [6, 6.07) is 0. The number of fused-ring (bicyclic) bond motifs is 2. The molecule has 1 aliphatic carbocycles. The van der Waals surface area contributed by atoms with Crippen LogP contribution in [0.25, 0.3) is 0 Å². The molecule has 4 aliphatic heterocycles. The summed E-state index contributed by atoms with van der Waals surface area (Å²) in [4.78, 5) is 11.7. The summed E-state index contributed by atoms with van der Waals surface area (Å²) in [6.45, 7) is 6.81. The Morgan fingerprint density at radius 1 is 1.19 bits per heavy atom. The molecule has 0 aromatic rings. The summed E-state index contributed by atoms with van der Waals surface area (Å²) in [6.07, 6.45) is 4.91. The third-order valence-corrected chi connectivity index (χ3v) is 5.97. The highest BCUT2D eigenvalue weighted by molar-refractivity contribution is 5.07. The molecule has 4 heterocycles. The predicted molar refractivity (Wildman–Crippen MR) is 73.9 cm³/mol. The second-order valence-corrected chi connectivity index (χ2v) is 7.20. The van der Waals surface area contributed by atoms with Crippen LogP contribution in [0.4, 0.5) is 0 Å². The van der Waals surface area contributed by atoms with Gasteiger partial charge in [-0.05, 0) is 39.0 Å². The van der Waals surface area contributed by atoms with E-state index >= 15 is 0 Å². The minimum Gasteiger partial charge on any atom is -0.353 e. The van der Waals surface area contributed by atoms with Crippen molar-refractivity contribution in [2.24, 2.45) is 17.8 Å². The largest absolute Gasteiger partial charge is 0.353 e. The van der Waals surface area contributed by atoms with Gasteiger partial charge in [-0.1, -0.05) is 13.3 Å². The highest BCUT2D eigenvalue weighted by Crippen LogP contribution is 2.59. The molecule has 2 unspecified atom stereocenters. The van der Waals surface area contributed by atoms with Gasteiger partial charge in [0.15, 0.2) is 18.2 Å². The molecule has 4 saturated heterocycles. The molecule has 0 aromatic heterocycles. The van der Waals surface area contributed by atoms with Crippen molar-refractivity contribution in [1.29, 1.82) is 0 Å². The maximum Gasteiger partial charge on any atom is 0.201 e. The van der Waals surface area contributed by atoms with Crippen LogP contribution in [0.2, 0.25) is 0 Å². The molecule has 0 N–H and O–H groups in total. The van der Waals surface area contributed by atoms with Crippen LogP contribution in [0.3, 0.4) is 0 Å². The van der Waals surface area contributed by atoms with Crippen LogP contribution in [-0.2, 0) is 24.0 Å². The Morgan fingerprint density at radius 3 is 2.86 bits per heavy atom. The molecule has 1 saturated carbocycles. The fourth-order valence-electron chi connectivity index (χ4n) is 4.88. The van der Waals surface area contributed by atoms with Crippen LogP contribution in [0, 0.1) is 17.8 Å². The van der Waals surface area contributed by atoms with Crippen molar-refractivity contribution < 1.29 is 24.0 Å². The quantitative estimate of drug-likeness (QED) is 0.733. The van der Waals surface area contributed by atoms with Crippen LogP contribution in [0.15, 0.2) is 0 Å². The van der Waals surface area contributed by atoms with Gasteiger partial charge in [0.1, 0.15) is 0 Å². The molecule has 0 aromatic carbocycles. The van der Waals surface area contributed by atoms with Crippen molar-refractivity contribution in [3.8, 4) is 0 Å². The van der Waals surface area contributed by atoms with E-state index in [1.54, 1.807) is 0 Å². The first-order valence-electron chi connectivity index (χ1n) is 8.41. The van der Waals surface area contributed by atoms with Gasteiger partial charge in [-0.15, -0.1) is 0 Å². The molecule has 5 rings (SSSR count). The Labute approximate surface area is 126 Å². The summed E-state index contributed by atoms with van der Waals surface area (Å²) >= 11 is 0. The van der Waals surface area contributed by atoms with Gasteiger partial charge >= 0.3 is 0 Å². The first kappa shape index (κ1) is 14.4. The Kier molecular flexibility index (Phi) is 3.36. The van der Waals surface area contributed by atoms with Crippen LogP contribution >= 0.6 is 0 Å². The lowest BCUT2D eigenvalue weighted by Crippen LogP contribution is -2.69. The zero-order valence-electron chi connectivity index (χ0n) is 13.2. The SMILES string of the molecule is CCO[C@H]1O[C@@H]2O[C@@]3(C)CCC4CCCC([C@H]1C)[C@]42OO3. The Morgan fingerprint density at radius 2 is 2.05 bits per heavy atom. The van der Waals surface area contributed by atoms with Crippen molar-refractivity contribution in [2.75, 3.05) is 6.61 Å². The maximum absolute atomic E-state index is 6.20. The van der Waals surface area contributed by atoms with Crippen molar-refractivity contribution in [1.82, 2.24) is 0 Å². The lowest BCUT2D eigenvalue weighted by atomic mass is 9.61. The topological polar surface area (TPSA) is 46.2 Å². The van der Waals surface area contributed by atoms with E-state index in [0.717, 1.165) is 19.3 Å². The fourth-order valence-corrected chi connectivity index (χ4v) is 4.88. The molecule has 5 heteroatoms. The van der Waals surface area contributed by atoms with E-state index in [4.69, 9.17) is 24.0 Å². The number of hydrogen-bond acceptors (Lipinski definition) is 5. The van der Waals surface area contributed by atoms with E-state index in [1.807, 2.05) is 13.8 Å². The zero-order valence-corrected chi connectivity index (χ0v) is 13.2. The standard InChI is InChI=1S/C16H26O5/c1-4-17-13-10(2)12-7-5-6-11-8-9-15(3)19-14(18-13)16(11,12)21-20-15/h10-14H,4-9H2,1-3H3/t10-,11?,12?,13+,14-,15-,16-/m1/s1. The number of ether oxygens (including phenoxy) is 3. The van der Waals surface area contributed by atoms with E-state index in [9.17, 15) is 0 Å². The third-order valence-electron chi connectivity index (χ3n) is 5.97. The molecule has 0 amide bonds. The highest BCUT2D eigenvalue weighted by Gasteiger charge is 2.68. The van der Waals surface area contributed by atoms with Gasteiger partial charge in [-0.25, -0.2) is 9.78 Å². The predicted octanol–water partition coefficient (Wildman–Crippen LogP) is 2.98. The Balaban J connectivity index is 1.73. The van der Waals surface area contributed by atoms with Crippen LogP contribution in [-0.4, -0.2) is 30.6 Å². The van der Waals surface area contributed by atoms with Gasteiger partial charge < -0.3 is 14.2 Å². The Hall–Kier alpha value is -0.200. The van der Waals surface area contributed by atoms with Crippen molar-refractivity contribution in [3.63, 3.8) is 0 Å². The molecular weight excluding hydrogens is 272 g/mol. The van der Waals surface area contributed by atoms with Crippen LogP contribution in [0.1, 0.15) is 52.9 Å². The van der Waals surface area contributed by atoms with Gasteiger partial charge in [-0.2, -0.15) is 0 Å². The summed E-state index contributed by atoms with van der Waals surface area (Å²) in [5.74, 6) is 0.429. The first-order valence-corrected chi connectivity index (χ1v) is 8.41. The average Bonchev–Trinajstić information content (AvgIpc) is 2.69. The van der Waals surface area contributed by atoms with E-state index in [-0.39, 0.29) is 12.6 Å². The van der Waals surface area contributed by atoms with E-state index in [0.29, 0.717) is 24.4 Å². The van der Waals surface area contributed by atoms with Gasteiger partial charge in [0.05, 0.1) is 0 Å². The summed E-state index contributed by atoms with van der Waals surface area (Å²) in [5, 5.41) is 0. The number of hydrogen-bond donors (Lipinski definition) is 0. The molecule has 0 radical (unpaired) electrons. The lowest BCUT2D eigenvalue weighted by Gasteiger charge is -2.58. The third kappa shape index (κ3) is 1.94. The van der Waals surface area contributed by atoms with Crippen LogP contribution < -0.4 is 0 Å². The number of rotatable bonds is 2. The van der Waals surface area contributed by atoms with E-state index < -0.39 is 11.4 Å². The first-order chi connectivity index (χ1) is 10.1. The minimum atomic E-state index is -0.685. The van der Waals surface area contributed by atoms with Crippen molar-refractivity contribution in [3.05, 3.63) is 0 Å². The molecular formula is C16H26O5. The minimum absolute atomic E-state index is 0.207. The second kappa shape index (κ2) is 4.90. The maximum atomic E-state index is 6.20. The molecule has 5 fully saturated rings. The van der Waals surface area contributed by atoms with Crippen LogP contribution in [0.5, 0.6) is 0 Å². The summed E-state index contributed by atoms with van der Waals surface area (Å²) in [7, 11) is 0. The van der Waals surface area contributed by atoms with Gasteiger partial charge in [0.2, 0.25) is 5.79 Å². The molecule has 1 spiro atoms. The van der Waals surface area contributed by atoms with Crippen molar-refractivity contribution in [2.45, 2.75) is 76.8 Å². The molecule has 7 atom stereocenters. The van der Waals surface area contributed by atoms with Gasteiger partial charge in [-0.3, -0.25) is 0 Å². The second-order valence-electron chi connectivity index (χ2n) is 7.20. The monoisotopic (exact) mass is 298 g/mol. The molecule has 5 nitrogen and oxygen atoms in total. The zero-order chi connectivity index (χ0) is 14.7. The average molecular weight is 298 g/mol. The molecule has 5 aliphatic rings. The van der Waals surface area contributed by atoms with Gasteiger partial charge in [0, 0.05) is 24.9 Å². The normalized spacial score (nSPS) is 55.9. The fraction of sp³-hybridized carbons (Fsp3) is 1.00. The molecule has 120 valence electrons. The lowest BCUT2D eigenvalue weighted by molar-refractivity contribution is -0.576. The Bertz CT molecular complexity index is 415. The molecule has 21 heavy (non-hydrogen) atoms.